The van der Waals surface area contributed by atoms with Gasteiger partial charge in [-0.25, -0.2) is 8.78 Å². The molecule has 1 aromatic carbocycles. The van der Waals surface area contributed by atoms with Crippen LogP contribution >= 0.6 is 12.4 Å². The topological polar surface area (TPSA) is 100 Å². The summed E-state index contributed by atoms with van der Waals surface area (Å²) in [5.41, 5.74) is 2.22. The molecule has 4 aromatic rings. The van der Waals surface area contributed by atoms with Gasteiger partial charge in [-0.1, -0.05) is 24.3 Å². The third-order valence-electron chi connectivity index (χ3n) is 5.59. The van der Waals surface area contributed by atoms with Crippen LogP contribution in [0.15, 0.2) is 65.8 Å². The zero-order valence-electron chi connectivity index (χ0n) is 20.7. The molecule has 0 radical (unpaired) electrons. The van der Waals surface area contributed by atoms with Gasteiger partial charge in [-0.3, -0.25) is 19.3 Å². The van der Waals surface area contributed by atoms with E-state index in [0.29, 0.717) is 17.8 Å². The largest absolute Gasteiger partial charge is 0.494 e. The molecule has 200 valence electrons. The van der Waals surface area contributed by atoms with Gasteiger partial charge in [0.25, 0.3) is 11.5 Å². The summed E-state index contributed by atoms with van der Waals surface area (Å²) in [6.07, 6.45) is 4.17. The lowest BCUT2D eigenvalue weighted by atomic mass is 10.1. The highest BCUT2D eigenvalue weighted by Gasteiger charge is 2.18. The minimum Gasteiger partial charge on any atom is -0.494 e. The van der Waals surface area contributed by atoms with Gasteiger partial charge in [0.15, 0.2) is 11.6 Å². The zero-order valence-corrected chi connectivity index (χ0v) is 21.5. The number of benzene rings is 1. The lowest BCUT2D eigenvalue weighted by molar-refractivity contribution is 0.0945. The van der Waals surface area contributed by atoms with Crippen LogP contribution in [0.2, 0.25) is 0 Å². The van der Waals surface area contributed by atoms with Crippen molar-refractivity contribution in [2.75, 3.05) is 14.2 Å². The SMILES string of the molecule is COCc1nn(Cc2ccc(Cn3cc(F)ccc3=O)cc2)cc1C(=O)NCc1nccc(OC)c1F.Cl. The van der Waals surface area contributed by atoms with E-state index < -0.39 is 17.5 Å². The van der Waals surface area contributed by atoms with E-state index in [1.807, 2.05) is 24.3 Å². The van der Waals surface area contributed by atoms with E-state index in [0.717, 1.165) is 17.2 Å². The van der Waals surface area contributed by atoms with Gasteiger partial charge in [0.2, 0.25) is 0 Å². The summed E-state index contributed by atoms with van der Waals surface area (Å²) in [4.78, 5) is 28.7. The number of nitrogens with zero attached hydrogens (tertiary/aromatic N) is 4. The Bertz CT molecular complexity index is 1460. The van der Waals surface area contributed by atoms with Crippen LogP contribution in [0.3, 0.4) is 0 Å². The van der Waals surface area contributed by atoms with Crippen LogP contribution in [-0.2, 0) is 31.0 Å². The predicted molar refractivity (Wildman–Crippen MR) is 137 cm³/mol. The standard InChI is InChI=1S/C26H25F2N5O4.ClH/c1-36-16-22-20(26(35)30-11-21-25(28)23(37-2)9-10-29-21)15-33(31-22)13-18-5-3-17(4-6-18)12-32-14-19(27)7-8-24(32)34;/h3-10,14-15H,11-13,16H2,1-2H3,(H,30,35);1H. The molecule has 0 aliphatic rings. The van der Waals surface area contributed by atoms with Gasteiger partial charge in [-0.2, -0.15) is 5.10 Å². The highest BCUT2D eigenvalue weighted by Crippen LogP contribution is 2.18. The van der Waals surface area contributed by atoms with E-state index in [4.69, 9.17) is 9.47 Å². The summed E-state index contributed by atoms with van der Waals surface area (Å²) in [6.45, 7) is 0.595. The lowest BCUT2D eigenvalue weighted by Gasteiger charge is -2.08. The number of ether oxygens (including phenoxy) is 2. The molecule has 4 rings (SSSR count). The van der Waals surface area contributed by atoms with Crippen molar-refractivity contribution < 1.29 is 23.0 Å². The summed E-state index contributed by atoms with van der Waals surface area (Å²) < 4.78 is 40.8. The lowest BCUT2D eigenvalue weighted by Crippen LogP contribution is -2.24. The van der Waals surface area contributed by atoms with Crippen molar-refractivity contribution >= 4 is 18.3 Å². The number of hydrogen-bond donors (Lipinski definition) is 1. The minimum absolute atomic E-state index is 0. The molecule has 0 saturated heterocycles. The second-order valence-corrected chi connectivity index (χ2v) is 8.21. The highest BCUT2D eigenvalue weighted by atomic mass is 35.5. The summed E-state index contributed by atoms with van der Waals surface area (Å²) in [7, 11) is 2.85. The molecular formula is C26H26ClF2N5O4. The van der Waals surface area contributed by atoms with Gasteiger partial charge in [0.1, 0.15) is 11.5 Å². The maximum Gasteiger partial charge on any atom is 0.255 e. The fraction of sp³-hybridized carbons (Fsp3) is 0.231. The number of rotatable bonds is 10. The molecule has 0 atom stereocenters. The molecule has 3 aromatic heterocycles. The van der Waals surface area contributed by atoms with Gasteiger partial charge in [0, 0.05) is 37.8 Å². The molecular weight excluding hydrogens is 520 g/mol. The quantitative estimate of drug-likeness (QED) is 0.328. The Morgan fingerprint density at radius 1 is 0.974 bits per heavy atom. The molecule has 3 heterocycles. The zero-order chi connectivity index (χ0) is 26.4. The Labute approximate surface area is 223 Å². The first-order chi connectivity index (χ1) is 17.9. The van der Waals surface area contributed by atoms with Crippen molar-refractivity contribution in [1.29, 1.82) is 0 Å². The Kier molecular flexibility index (Phi) is 9.69. The van der Waals surface area contributed by atoms with E-state index in [2.05, 4.69) is 15.4 Å². The number of carbonyl (C=O) groups excluding carboxylic acids is 1. The first-order valence-corrected chi connectivity index (χ1v) is 11.3. The maximum atomic E-state index is 14.4. The fourth-order valence-electron chi connectivity index (χ4n) is 3.74. The Hall–Kier alpha value is -4.09. The van der Waals surface area contributed by atoms with Gasteiger partial charge in [0.05, 0.1) is 44.6 Å². The Balaban J connectivity index is 0.00000400. The average molecular weight is 546 g/mol. The number of aromatic nitrogens is 4. The summed E-state index contributed by atoms with van der Waals surface area (Å²) in [5.74, 6) is -1.52. The Morgan fingerprint density at radius 2 is 1.68 bits per heavy atom. The van der Waals surface area contributed by atoms with Crippen LogP contribution < -0.4 is 15.6 Å². The monoisotopic (exact) mass is 545 g/mol. The van der Waals surface area contributed by atoms with E-state index >= 15 is 0 Å². The van der Waals surface area contributed by atoms with Crippen LogP contribution in [0.4, 0.5) is 8.78 Å². The fourth-order valence-corrected chi connectivity index (χ4v) is 3.74. The molecule has 38 heavy (non-hydrogen) atoms. The van der Waals surface area contributed by atoms with Crippen LogP contribution in [0.5, 0.6) is 5.75 Å². The van der Waals surface area contributed by atoms with E-state index in [-0.39, 0.29) is 49.1 Å². The average Bonchev–Trinajstić information content (AvgIpc) is 3.29. The molecule has 12 heteroatoms. The van der Waals surface area contributed by atoms with Crippen LogP contribution in [0, 0.1) is 11.6 Å². The van der Waals surface area contributed by atoms with E-state index in [9.17, 15) is 18.4 Å². The molecule has 0 unspecified atom stereocenters. The summed E-state index contributed by atoms with van der Waals surface area (Å²) in [5, 5.41) is 7.12. The third-order valence-corrected chi connectivity index (χ3v) is 5.59. The second-order valence-electron chi connectivity index (χ2n) is 8.21. The number of hydrogen-bond acceptors (Lipinski definition) is 6. The van der Waals surface area contributed by atoms with Crippen molar-refractivity contribution in [3.8, 4) is 5.75 Å². The van der Waals surface area contributed by atoms with Crippen LogP contribution in [-0.4, -0.2) is 39.5 Å². The van der Waals surface area contributed by atoms with Crippen molar-refractivity contribution in [1.82, 2.24) is 24.6 Å². The van der Waals surface area contributed by atoms with Gasteiger partial charge >= 0.3 is 0 Å². The highest BCUT2D eigenvalue weighted by molar-refractivity contribution is 5.95. The number of halogens is 3. The van der Waals surface area contributed by atoms with E-state index in [1.54, 1.807) is 10.9 Å². The molecule has 0 spiro atoms. The summed E-state index contributed by atoms with van der Waals surface area (Å²) >= 11 is 0. The number of carbonyl (C=O) groups is 1. The van der Waals surface area contributed by atoms with Gasteiger partial charge in [-0.05, 0) is 17.2 Å². The third kappa shape index (κ3) is 6.81. The van der Waals surface area contributed by atoms with Crippen molar-refractivity contribution in [2.45, 2.75) is 26.2 Å². The van der Waals surface area contributed by atoms with Crippen molar-refractivity contribution in [2.24, 2.45) is 0 Å². The van der Waals surface area contributed by atoms with Crippen LogP contribution in [0.1, 0.15) is 32.9 Å². The van der Waals surface area contributed by atoms with Gasteiger partial charge in [-0.15, -0.1) is 12.4 Å². The maximum absolute atomic E-state index is 14.4. The Morgan fingerprint density at radius 3 is 2.37 bits per heavy atom. The second kappa shape index (κ2) is 12.9. The minimum atomic E-state index is -0.635. The van der Waals surface area contributed by atoms with Crippen molar-refractivity contribution in [3.05, 3.63) is 111 Å². The van der Waals surface area contributed by atoms with Gasteiger partial charge < -0.3 is 19.4 Å². The predicted octanol–water partition coefficient (Wildman–Crippen LogP) is 3.32. The molecule has 0 saturated carbocycles. The van der Waals surface area contributed by atoms with Crippen LogP contribution in [0.25, 0.3) is 0 Å². The first-order valence-electron chi connectivity index (χ1n) is 11.3. The molecule has 1 amide bonds. The van der Waals surface area contributed by atoms with E-state index in [1.165, 1.54) is 43.3 Å². The molecule has 0 bridgehead atoms. The molecule has 1 N–H and O–H groups in total. The smallest absolute Gasteiger partial charge is 0.255 e. The molecule has 0 aliphatic heterocycles. The summed E-state index contributed by atoms with van der Waals surface area (Å²) in [6, 6.07) is 11.1. The molecule has 0 aliphatic carbocycles. The number of pyridine rings is 2. The van der Waals surface area contributed by atoms with Crippen molar-refractivity contribution in [3.63, 3.8) is 0 Å². The number of methoxy groups -OCH3 is 2. The number of nitrogens with one attached hydrogen (secondary N) is 1. The molecule has 0 fully saturated rings. The molecule has 9 nitrogen and oxygen atoms in total. The normalized spacial score (nSPS) is 10.6. The first kappa shape index (κ1) is 28.5. The number of amides is 1.